The highest BCUT2D eigenvalue weighted by Gasteiger charge is 2.39. The lowest BCUT2D eigenvalue weighted by Gasteiger charge is -2.28. The molecule has 0 amide bonds. The molecule has 0 heterocycles. The topological polar surface area (TPSA) is 49.3 Å². The quantitative estimate of drug-likeness (QED) is 0.570. The van der Waals surface area contributed by atoms with Crippen molar-refractivity contribution < 1.29 is 9.90 Å². The van der Waals surface area contributed by atoms with E-state index in [1.165, 1.54) is 12.8 Å². The van der Waals surface area contributed by atoms with Gasteiger partial charge in [0.15, 0.2) is 0 Å². The molecule has 0 aromatic rings. The largest absolute Gasteiger partial charge is 0.480 e. The molecule has 96 valence electrons. The Bertz CT molecular complexity index is 295. The first kappa shape index (κ1) is 14.1. The van der Waals surface area contributed by atoms with Gasteiger partial charge >= 0.3 is 5.97 Å². The summed E-state index contributed by atoms with van der Waals surface area (Å²) in [6, 6.07) is 0. The third-order valence-corrected chi connectivity index (χ3v) is 3.83. The van der Waals surface area contributed by atoms with Crippen LogP contribution in [0.1, 0.15) is 51.9 Å². The fourth-order valence-corrected chi connectivity index (χ4v) is 2.80. The summed E-state index contributed by atoms with van der Waals surface area (Å²) in [7, 11) is 0. The molecule has 1 aliphatic carbocycles. The SMILES string of the molecule is C#CCNC1(C(=O)O)CCCC(CCC)CC1. The zero-order valence-corrected chi connectivity index (χ0v) is 10.7. The monoisotopic (exact) mass is 237 g/mol. The first-order chi connectivity index (χ1) is 8.14. The van der Waals surface area contributed by atoms with Gasteiger partial charge < -0.3 is 5.11 Å². The lowest BCUT2D eigenvalue weighted by Crippen LogP contribution is -2.51. The van der Waals surface area contributed by atoms with Crippen LogP contribution in [-0.4, -0.2) is 23.2 Å². The first-order valence-corrected chi connectivity index (χ1v) is 6.56. The summed E-state index contributed by atoms with van der Waals surface area (Å²) in [4.78, 5) is 11.5. The third-order valence-electron chi connectivity index (χ3n) is 3.83. The van der Waals surface area contributed by atoms with Crippen LogP contribution in [0.4, 0.5) is 0 Å². The second kappa shape index (κ2) is 6.66. The van der Waals surface area contributed by atoms with Crippen LogP contribution in [0, 0.1) is 18.3 Å². The van der Waals surface area contributed by atoms with Gasteiger partial charge in [-0.15, -0.1) is 6.42 Å². The van der Waals surface area contributed by atoms with E-state index in [1.54, 1.807) is 0 Å². The number of rotatable bonds is 5. The molecule has 0 radical (unpaired) electrons. The number of hydrogen-bond donors (Lipinski definition) is 2. The molecular formula is C14H23NO2. The standard InChI is InChI=1S/C14H23NO2/c1-3-6-12-7-5-9-14(10-8-12,13(16)17)15-11-4-2/h2,12,15H,3,5-11H2,1H3,(H,16,17). The maximum atomic E-state index is 11.5. The van der Waals surface area contributed by atoms with Crippen LogP contribution in [0.2, 0.25) is 0 Å². The Labute approximate surface area is 104 Å². The van der Waals surface area contributed by atoms with E-state index in [2.05, 4.69) is 18.2 Å². The summed E-state index contributed by atoms with van der Waals surface area (Å²) in [6.07, 6.45) is 12.1. The fraction of sp³-hybridized carbons (Fsp3) is 0.786. The van der Waals surface area contributed by atoms with E-state index in [-0.39, 0.29) is 0 Å². The Morgan fingerprint density at radius 2 is 2.29 bits per heavy atom. The summed E-state index contributed by atoms with van der Waals surface area (Å²) in [5.41, 5.74) is -0.783. The van der Waals surface area contributed by atoms with Crippen molar-refractivity contribution in [2.45, 2.75) is 57.4 Å². The highest BCUT2D eigenvalue weighted by molar-refractivity contribution is 5.78. The molecule has 2 atom stereocenters. The van der Waals surface area contributed by atoms with E-state index >= 15 is 0 Å². The summed E-state index contributed by atoms with van der Waals surface area (Å²) in [5, 5.41) is 12.5. The van der Waals surface area contributed by atoms with Crippen LogP contribution in [0.3, 0.4) is 0 Å². The average molecular weight is 237 g/mol. The van der Waals surface area contributed by atoms with E-state index in [0.717, 1.165) is 19.3 Å². The van der Waals surface area contributed by atoms with Gasteiger partial charge in [0.25, 0.3) is 0 Å². The molecule has 0 spiro atoms. The average Bonchev–Trinajstić information content (AvgIpc) is 2.51. The Morgan fingerprint density at radius 3 is 2.88 bits per heavy atom. The van der Waals surface area contributed by atoms with Crippen molar-refractivity contribution in [3.63, 3.8) is 0 Å². The van der Waals surface area contributed by atoms with Crippen molar-refractivity contribution in [2.75, 3.05) is 6.54 Å². The van der Waals surface area contributed by atoms with Crippen molar-refractivity contribution in [3.8, 4) is 12.3 Å². The van der Waals surface area contributed by atoms with Crippen molar-refractivity contribution in [1.82, 2.24) is 5.32 Å². The minimum absolute atomic E-state index is 0.338. The summed E-state index contributed by atoms with van der Waals surface area (Å²) >= 11 is 0. The van der Waals surface area contributed by atoms with Crippen LogP contribution in [0.25, 0.3) is 0 Å². The van der Waals surface area contributed by atoms with Gasteiger partial charge in [0.05, 0.1) is 6.54 Å². The van der Waals surface area contributed by atoms with Crippen LogP contribution in [-0.2, 0) is 4.79 Å². The molecule has 3 nitrogen and oxygen atoms in total. The number of hydrogen-bond acceptors (Lipinski definition) is 2. The van der Waals surface area contributed by atoms with Crippen molar-refractivity contribution in [3.05, 3.63) is 0 Å². The molecule has 0 aromatic heterocycles. The Morgan fingerprint density at radius 1 is 1.53 bits per heavy atom. The molecular weight excluding hydrogens is 214 g/mol. The zero-order valence-electron chi connectivity index (χ0n) is 10.7. The number of terminal acetylenes is 1. The van der Waals surface area contributed by atoms with Crippen LogP contribution in [0.15, 0.2) is 0 Å². The van der Waals surface area contributed by atoms with Gasteiger partial charge in [-0.05, 0) is 25.2 Å². The van der Waals surface area contributed by atoms with E-state index in [0.29, 0.717) is 25.3 Å². The van der Waals surface area contributed by atoms with Gasteiger partial charge in [-0.3, -0.25) is 10.1 Å². The predicted octanol–water partition coefficient (Wildman–Crippen LogP) is 2.41. The number of aliphatic carboxylic acids is 1. The smallest absolute Gasteiger partial charge is 0.323 e. The molecule has 1 saturated carbocycles. The van der Waals surface area contributed by atoms with Gasteiger partial charge in [-0.2, -0.15) is 0 Å². The number of carboxylic acids is 1. The molecule has 2 N–H and O–H groups in total. The number of carboxylic acid groups (broad SMARTS) is 1. The summed E-state index contributed by atoms with van der Waals surface area (Å²) < 4.78 is 0. The number of carbonyl (C=O) groups is 1. The Balaban J connectivity index is 2.66. The summed E-state index contributed by atoms with van der Waals surface area (Å²) in [6.45, 7) is 2.52. The van der Waals surface area contributed by atoms with Gasteiger partial charge in [-0.1, -0.05) is 38.5 Å². The summed E-state index contributed by atoms with van der Waals surface area (Å²) in [5.74, 6) is 2.42. The van der Waals surface area contributed by atoms with E-state index in [9.17, 15) is 9.90 Å². The molecule has 0 bridgehead atoms. The third kappa shape index (κ3) is 3.74. The number of nitrogens with one attached hydrogen (secondary N) is 1. The molecule has 0 aromatic carbocycles. The highest BCUT2D eigenvalue weighted by atomic mass is 16.4. The van der Waals surface area contributed by atoms with Crippen molar-refractivity contribution >= 4 is 5.97 Å². The van der Waals surface area contributed by atoms with Crippen LogP contribution < -0.4 is 5.32 Å². The molecule has 0 aliphatic heterocycles. The molecule has 2 unspecified atom stereocenters. The minimum atomic E-state index is -0.783. The highest BCUT2D eigenvalue weighted by Crippen LogP contribution is 2.32. The lowest BCUT2D eigenvalue weighted by molar-refractivity contribution is -0.145. The Hall–Kier alpha value is -1.01. The lowest BCUT2D eigenvalue weighted by atomic mass is 9.89. The maximum absolute atomic E-state index is 11.5. The zero-order chi connectivity index (χ0) is 12.7. The minimum Gasteiger partial charge on any atom is -0.480 e. The predicted molar refractivity (Wildman–Crippen MR) is 68.7 cm³/mol. The van der Waals surface area contributed by atoms with Gasteiger partial charge in [0.1, 0.15) is 5.54 Å². The van der Waals surface area contributed by atoms with Gasteiger partial charge in [0, 0.05) is 0 Å². The molecule has 1 aliphatic rings. The second-order valence-corrected chi connectivity index (χ2v) is 5.03. The van der Waals surface area contributed by atoms with E-state index < -0.39 is 11.5 Å². The van der Waals surface area contributed by atoms with E-state index in [4.69, 9.17) is 6.42 Å². The Kier molecular flexibility index (Phi) is 5.50. The molecule has 3 heteroatoms. The first-order valence-electron chi connectivity index (χ1n) is 6.56. The van der Waals surface area contributed by atoms with E-state index in [1.807, 2.05) is 0 Å². The second-order valence-electron chi connectivity index (χ2n) is 5.03. The molecule has 0 saturated heterocycles. The van der Waals surface area contributed by atoms with Crippen molar-refractivity contribution in [1.29, 1.82) is 0 Å². The maximum Gasteiger partial charge on any atom is 0.323 e. The van der Waals surface area contributed by atoms with Crippen LogP contribution in [0.5, 0.6) is 0 Å². The van der Waals surface area contributed by atoms with Gasteiger partial charge in [0.2, 0.25) is 0 Å². The normalized spacial score (nSPS) is 29.3. The molecule has 17 heavy (non-hydrogen) atoms. The van der Waals surface area contributed by atoms with Gasteiger partial charge in [-0.25, -0.2) is 0 Å². The van der Waals surface area contributed by atoms with Crippen molar-refractivity contribution in [2.24, 2.45) is 5.92 Å². The van der Waals surface area contributed by atoms with Crippen LogP contribution >= 0.6 is 0 Å². The molecule has 1 rings (SSSR count). The molecule has 1 fully saturated rings. The fourth-order valence-electron chi connectivity index (χ4n) is 2.80.